The van der Waals surface area contributed by atoms with Crippen LogP contribution in [0.5, 0.6) is 0 Å². The third-order valence-corrected chi connectivity index (χ3v) is 2.23. The van der Waals surface area contributed by atoms with Crippen LogP contribution in [-0.4, -0.2) is 47.6 Å². The summed E-state index contributed by atoms with van der Waals surface area (Å²) < 4.78 is 0. The first-order valence-electron chi connectivity index (χ1n) is 5.26. The number of nitrogens with one attached hydrogen (secondary N) is 1. The molecule has 1 unspecified atom stereocenters. The maximum absolute atomic E-state index is 11.7. The van der Waals surface area contributed by atoms with Crippen molar-refractivity contribution in [2.24, 2.45) is 0 Å². The smallest absolute Gasteiger partial charge is 0.304 e. The number of likely N-dealkylation sites (N-methyl/N-ethyl adjacent to an activating group) is 1. The first kappa shape index (κ1) is 13.9. The average molecular weight is 216 g/mol. The predicted octanol–water partition coefficient (Wildman–Crippen LogP) is 0.308. The van der Waals surface area contributed by atoms with Crippen LogP contribution in [0.1, 0.15) is 27.2 Å². The summed E-state index contributed by atoms with van der Waals surface area (Å²) in [6, 6.07) is -0.316. The van der Waals surface area contributed by atoms with Crippen molar-refractivity contribution in [1.29, 1.82) is 0 Å². The van der Waals surface area contributed by atoms with Crippen molar-refractivity contribution in [3.8, 4) is 0 Å². The molecule has 2 N–H and O–H groups in total. The van der Waals surface area contributed by atoms with Crippen LogP contribution in [0.2, 0.25) is 0 Å². The molecule has 0 fully saturated rings. The van der Waals surface area contributed by atoms with Crippen molar-refractivity contribution in [3.63, 3.8) is 0 Å². The lowest BCUT2D eigenvalue weighted by Gasteiger charge is -2.23. The lowest BCUT2D eigenvalue weighted by Crippen LogP contribution is -2.45. The van der Waals surface area contributed by atoms with Gasteiger partial charge in [-0.2, -0.15) is 0 Å². The Hall–Kier alpha value is -1.10. The fourth-order valence-corrected chi connectivity index (χ4v) is 1.29. The minimum absolute atomic E-state index is 0.0189. The van der Waals surface area contributed by atoms with Gasteiger partial charge in [0.2, 0.25) is 5.91 Å². The van der Waals surface area contributed by atoms with Gasteiger partial charge >= 0.3 is 5.97 Å². The number of rotatable bonds is 7. The van der Waals surface area contributed by atoms with E-state index >= 15 is 0 Å². The van der Waals surface area contributed by atoms with Crippen LogP contribution < -0.4 is 5.32 Å². The zero-order valence-corrected chi connectivity index (χ0v) is 9.62. The van der Waals surface area contributed by atoms with E-state index in [0.717, 1.165) is 0 Å². The molecule has 0 spiro atoms. The molecule has 0 aromatic carbocycles. The van der Waals surface area contributed by atoms with Gasteiger partial charge in [-0.15, -0.1) is 0 Å². The number of hydrogen-bond acceptors (Lipinski definition) is 3. The largest absolute Gasteiger partial charge is 0.481 e. The third kappa shape index (κ3) is 5.37. The Morgan fingerprint density at radius 1 is 1.33 bits per heavy atom. The van der Waals surface area contributed by atoms with E-state index in [1.807, 2.05) is 13.8 Å². The Balaban J connectivity index is 3.92. The number of hydrogen-bond donors (Lipinski definition) is 2. The summed E-state index contributed by atoms with van der Waals surface area (Å²) in [5.41, 5.74) is 0. The van der Waals surface area contributed by atoms with E-state index in [0.29, 0.717) is 19.6 Å². The molecule has 5 heteroatoms. The maximum atomic E-state index is 11.7. The second kappa shape index (κ2) is 7.23. The molecule has 0 aromatic heterocycles. The molecule has 0 rings (SSSR count). The molecule has 0 saturated heterocycles. The molecule has 0 bridgehead atoms. The zero-order chi connectivity index (χ0) is 11.8. The molecule has 0 aliphatic rings. The van der Waals surface area contributed by atoms with Crippen LogP contribution in [-0.2, 0) is 9.59 Å². The minimum atomic E-state index is -0.856. The highest BCUT2D eigenvalue weighted by molar-refractivity contribution is 5.81. The monoisotopic (exact) mass is 216 g/mol. The number of carboxylic acids is 1. The minimum Gasteiger partial charge on any atom is -0.481 e. The normalized spacial score (nSPS) is 12.2. The van der Waals surface area contributed by atoms with E-state index in [1.165, 1.54) is 0 Å². The number of nitrogens with zero attached hydrogens (tertiary/aromatic N) is 1. The fraction of sp³-hybridized carbons (Fsp3) is 0.800. The predicted molar refractivity (Wildman–Crippen MR) is 57.6 cm³/mol. The van der Waals surface area contributed by atoms with Crippen molar-refractivity contribution >= 4 is 11.9 Å². The second-order valence-corrected chi connectivity index (χ2v) is 3.33. The summed E-state index contributed by atoms with van der Waals surface area (Å²) in [6.07, 6.45) is 0.0376. The number of aliphatic carboxylic acids is 1. The van der Waals surface area contributed by atoms with Gasteiger partial charge in [0.05, 0.1) is 12.5 Å². The lowest BCUT2D eigenvalue weighted by molar-refractivity contribution is -0.137. The Morgan fingerprint density at radius 2 is 1.87 bits per heavy atom. The van der Waals surface area contributed by atoms with E-state index in [1.54, 1.807) is 11.8 Å². The van der Waals surface area contributed by atoms with Gasteiger partial charge in [-0.25, -0.2) is 0 Å². The molecule has 0 heterocycles. The fourth-order valence-electron chi connectivity index (χ4n) is 1.29. The average Bonchev–Trinajstić information content (AvgIpc) is 2.18. The number of carbonyl (C=O) groups is 2. The number of carbonyl (C=O) groups excluding carboxylic acids is 1. The number of amides is 1. The molecule has 0 aromatic rings. The summed E-state index contributed by atoms with van der Waals surface area (Å²) in [5, 5.41) is 11.3. The van der Waals surface area contributed by atoms with Crippen LogP contribution in [0.15, 0.2) is 0 Å². The highest BCUT2D eigenvalue weighted by atomic mass is 16.4. The van der Waals surface area contributed by atoms with Crippen LogP contribution in [0.25, 0.3) is 0 Å². The summed E-state index contributed by atoms with van der Waals surface area (Å²) in [6.45, 7) is 7.28. The Kier molecular flexibility index (Phi) is 6.70. The van der Waals surface area contributed by atoms with Crippen LogP contribution in [0.3, 0.4) is 0 Å². The highest BCUT2D eigenvalue weighted by Crippen LogP contribution is 1.94. The molecule has 15 heavy (non-hydrogen) atoms. The Morgan fingerprint density at radius 3 is 2.27 bits per heavy atom. The quantitative estimate of drug-likeness (QED) is 0.642. The molecule has 88 valence electrons. The first-order valence-corrected chi connectivity index (χ1v) is 5.26. The van der Waals surface area contributed by atoms with Crippen LogP contribution in [0, 0.1) is 0 Å². The maximum Gasteiger partial charge on any atom is 0.304 e. The van der Waals surface area contributed by atoms with Crippen molar-refractivity contribution < 1.29 is 14.7 Å². The topological polar surface area (TPSA) is 69.6 Å². The van der Waals surface area contributed by atoms with E-state index in [2.05, 4.69) is 5.32 Å². The summed E-state index contributed by atoms with van der Waals surface area (Å²) in [5.74, 6) is -0.838. The molecule has 0 radical (unpaired) electrons. The molecule has 1 amide bonds. The second-order valence-electron chi connectivity index (χ2n) is 3.33. The van der Waals surface area contributed by atoms with Crippen LogP contribution in [0.4, 0.5) is 0 Å². The summed E-state index contributed by atoms with van der Waals surface area (Å²) in [7, 11) is 0. The van der Waals surface area contributed by atoms with Gasteiger partial charge in [-0.1, -0.05) is 0 Å². The summed E-state index contributed by atoms with van der Waals surface area (Å²) >= 11 is 0. The van der Waals surface area contributed by atoms with Gasteiger partial charge in [0.15, 0.2) is 0 Å². The summed E-state index contributed by atoms with van der Waals surface area (Å²) in [4.78, 5) is 23.7. The van der Waals surface area contributed by atoms with Gasteiger partial charge in [-0.05, 0) is 20.8 Å². The lowest BCUT2D eigenvalue weighted by atomic mass is 10.2. The number of carboxylic acid groups (broad SMARTS) is 1. The molecule has 0 saturated carbocycles. The molecule has 0 aliphatic carbocycles. The molecular formula is C10H20N2O3. The molecule has 1 atom stereocenters. The van der Waals surface area contributed by atoms with Crippen molar-refractivity contribution in [1.82, 2.24) is 10.2 Å². The first-order chi connectivity index (χ1) is 7.02. The van der Waals surface area contributed by atoms with E-state index in [4.69, 9.17) is 5.11 Å². The molecular weight excluding hydrogens is 196 g/mol. The van der Waals surface area contributed by atoms with Gasteiger partial charge in [-0.3, -0.25) is 9.59 Å². The Bertz CT molecular complexity index is 215. The van der Waals surface area contributed by atoms with E-state index in [-0.39, 0.29) is 18.4 Å². The van der Waals surface area contributed by atoms with Crippen molar-refractivity contribution in [2.45, 2.75) is 33.2 Å². The van der Waals surface area contributed by atoms with Gasteiger partial charge < -0.3 is 15.3 Å². The highest BCUT2D eigenvalue weighted by Gasteiger charge is 2.17. The van der Waals surface area contributed by atoms with Gasteiger partial charge in [0, 0.05) is 19.6 Å². The van der Waals surface area contributed by atoms with Gasteiger partial charge in [0.1, 0.15) is 0 Å². The SMILES string of the molecule is CCN(CC)C(=O)C(C)NCCC(=O)O. The van der Waals surface area contributed by atoms with Crippen molar-refractivity contribution in [3.05, 3.63) is 0 Å². The van der Waals surface area contributed by atoms with E-state index in [9.17, 15) is 9.59 Å². The Labute approximate surface area is 90.5 Å². The zero-order valence-electron chi connectivity index (χ0n) is 9.62. The third-order valence-electron chi connectivity index (χ3n) is 2.23. The molecule has 0 aliphatic heterocycles. The van der Waals surface area contributed by atoms with Crippen molar-refractivity contribution in [2.75, 3.05) is 19.6 Å². The van der Waals surface area contributed by atoms with E-state index < -0.39 is 5.97 Å². The van der Waals surface area contributed by atoms with Crippen LogP contribution >= 0.6 is 0 Å². The molecule has 5 nitrogen and oxygen atoms in total. The standard InChI is InChI=1S/C10H20N2O3/c1-4-12(5-2)10(15)8(3)11-7-6-9(13)14/h8,11H,4-7H2,1-3H3,(H,13,14). The van der Waals surface area contributed by atoms with Gasteiger partial charge in [0.25, 0.3) is 0 Å².